The Bertz CT molecular complexity index is 1070. The predicted molar refractivity (Wildman–Crippen MR) is 126 cm³/mol. The van der Waals surface area contributed by atoms with Gasteiger partial charge in [0, 0.05) is 17.7 Å². The van der Waals surface area contributed by atoms with Crippen molar-refractivity contribution in [3.63, 3.8) is 0 Å². The van der Waals surface area contributed by atoms with E-state index in [1.165, 1.54) is 0 Å². The summed E-state index contributed by atoms with van der Waals surface area (Å²) >= 11 is 1.55. The van der Waals surface area contributed by atoms with Crippen molar-refractivity contribution in [2.75, 3.05) is 23.1 Å². The van der Waals surface area contributed by atoms with Crippen LogP contribution in [0.5, 0.6) is 5.75 Å². The molecule has 4 rings (SSSR count). The summed E-state index contributed by atoms with van der Waals surface area (Å²) in [4.78, 5) is 27.2. The summed E-state index contributed by atoms with van der Waals surface area (Å²) in [5.41, 5.74) is 3.49. The molecule has 2 amide bonds. The zero-order valence-corrected chi connectivity index (χ0v) is 18.1. The molecule has 0 radical (unpaired) electrons. The van der Waals surface area contributed by atoms with Gasteiger partial charge < -0.3 is 10.1 Å². The Labute approximate surface area is 186 Å². The van der Waals surface area contributed by atoms with E-state index >= 15 is 0 Å². The number of aryl methyl sites for hydroxylation is 1. The SMILES string of the molecule is COc1ccccc1N1C(=O)CS[C@H]1c1ccccc1NC(=O)CCc1ccccc1. The molecule has 1 N–H and O–H groups in total. The van der Waals surface area contributed by atoms with E-state index in [9.17, 15) is 9.59 Å². The molecular formula is C25H24N2O3S. The van der Waals surface area contributed by atoms with E-state index in [1.807, 2.05) is 78.9 Å². The van der Waals surface area contributed by atoms with Gasteiger partial charge in [0.15, 0.2) is 0 Å². The molecule has 0 bridgehead atoms. The molecule has 158 valence electrons. The van der Waals surface area contributed by atoms with Crippen LogP contribution in [0.1, 0.15) is 22.9 Å². The molecule has 0 spiro atoms. The van der Waals surface area contributed by atoms with Gasteiger partial charge in [-0.3, -0.25) is 14.5 Å². The summed E-state index contributed by atoms with van der Waals surface area (Å²) in [5.74, 6) is 0.992. The van der Waals surface area contributed by atoms with E-state index < -0.39 is 0 Å². The third-order valence-electron chi connectivity index (χ3n) is 5.20. The molecule has 0 unspecified atom stereocenters. The lowest BCUT2D eigenvalue weighted by Gasteiger charge is -2.27. The lowest BCUT2D eigenvalue weighted by atomic mass is 10.1. The second-order valence-corrected chi connectivity index (χ2v) is 8.29. The number of carbonyl (C=O) groups is 2. The molecule has 3 aromatic carbocycles. The van der Waals surface area contributed by atoms with Gasteiger partial charge in [0.2, 0.25) is 11.8 Å². The molecule has 1 saturated heterocycles. The number of para-hydroxylation sites is 3. The summed E-state index contributed by atoms with van der Waals surface area (Å²) in [7, 11) is 1.60. The zero-order valence-electron chi connectivity index (χ0n) is 17.3. The number of amides is 2. The van der Waals surface area contributed by atoms with Crippen LogP contribution in [0.25, 0.3) is 0 Å². The van der Waals surface area contributed by atoms with Crippen LogP contribution in [0.2, 0.25) is 0 Å². The van der Waals surface area contributed by atoms with Crippen molar-refractivity contribution in [1.29, 1.82) is 0 Å². The first kappa shape index (κ1) is 21.0. The first-order valence-electron chi connectivity index (χ1n) is 10.2. The predicted octanol–water partition coefficient (Wildman–Crippen LogP) is 5.05. The number of carbonyl (C=O) groups excluding carboxylic acids is 2. The van der Waals surface area contributed by atoms with Gasteiger partial charge in [-0.15, -0.1) is 11.8 Å². The maximum absolute atomic E-state index is 12.8. The Kier molecular flexibility index (Phi) is 6.57. The van der Waals surface area contributed by atoms with Gasteiger partial charge in [-0.25, -0.2) is 0 Å². The van der Waals surface area contributed by atoms with Crippen LogP contribution in [-0.4, -0.2) is 24.7 Å². The average Bonchev–Trinajstić information content (AvgIpc) is 3.19. The molecule has 5 nitrogen and oxygen atoms in total. The van der Waals surface area contributed by atoms with Crippen molar-refractivity contribution >= 4 is 35.0 Å². The second-order valence-electron chi connectivity index (χ2n) is 7.22. The Balaban J connectivity index is 1.56. The van der Waals surface area contributed by atoms with Gasteiger partial charge in [-0.1, -0.05) is 60.7 Å². The van der Waals surface area contributed by atoms with Crippen molar-refractivity contribution in [2.24, 2.45) is 0 Å². The van der Waals surface area contributed by atoms with Gasteiger partial charge in [0.05, 0.1) is 18.6 Å². The first-order valence-corrected chi connectivity index (χ1v) is 11.2. The Morgan fingerprint density at radius 1 is 1.03 bits per heavy atom. The Hall–Kier alpha value is -3.25. The molecule has 31 heavy (non-hydrogen) atoms. The second kappa shape index (κ2) is 9.71. The number of nitrogens with one attached hydrogen (secondary N) is 1. The van der Waals surface area contributed by atoms with Crippen LogP contribution in [0.4, 0.5) is 11.4 Å². The monoisotopic (exact) mass is 432 g/mol. The van der Waals surface area contributed by atoms with Crippen LogP contribution in [0, 0.1) is 0 Å². The van der Waals surface area contributed by atoms with E-state index in [0.29, 0.717) is 24.3 Å². The number of ether oxygens (including phenoxy) is 1. The highest BCUT2D eigenvalue weighted by molar-refractivity contribution is 8.00. The highest BCUT2D eigenvalue weighted by atomic mass is 32.2. The smallest absolute Gasteiger partial charge is 0.238 e. The number of nitrogens with zero attached hydrogens (tertiary/aromatic N) is 1. The summed E-state index contributed by atoms with van der Waals surface area (Å²) in [6, 6.07) is 25.1. The van der Waals surface area contributed by atoms with Gasteiger partial charge >= 0.3 is 0 Å². The van der Waals surface area contributed by atoms with Crippen LogP contribution in [-0.2, 0) is 16.0 Å². The van der Waals surface area contributed by atoms with Crippen LogP contribution < -0.4 is 15.0 Å². The minimum atomic E-state index is -0.241. The number of benzene rings is 3. The van der Waals surface area contributed by atoms with Crippen molar-refractivity contribution in [1.82, 2.24) is 0 Å². The van der Waals surface area contributed by atoms with E-state index in [4.69, 9.17) is 4.74 Å². The van der Waals surface area contributed by atoms with Gasteiger partial charge in [-0.05, 0) is 30.2 Å². The lowest BCUT2D eigenvalue weighted by Crippen LogP contribution is -2.29. The van der Waals surface area contributed by atoms with Crippen molar-refractivity contribution in [3.8, 4) is 5.75 Å². The van der Waals surface area contributed by atoms with Crippen molar-refractivity contribution in [2.45, 2.75) is 18.2 Å². The fourth-order valence-electron chi connectivity index (χ4n) is 3.68. The number of hydrogen-bond donors (Lipinski definition) is 1. The topological polar surface area (TPSA) is 58.6 Å². The molecule has 1 aliphatic rings. The highest BCUT2D eigenvalue weighted by Crippen LogP contribution is 2.46. The van der Waals surface area contributed by atoms with Crippen LogP contribution >= 0.6 is 11.8 Å². The maximum atomic E-state index is 12.8. The minimum Gasteiger partial charge on any atom is -0.495 e. The molecule has 3 aromatic rings. The Morgan fingerprint density at radius 3 is 2.55 bits per heavy atom. The minimum absolute atomic E-state index is 0.0182. The van der Waals surface area contributed by atoms with Crippen LogP contribution in [0.3, 0.4) is 0 Å². The van der Waals surface area contributed by atoms with E-state index in [1.54, 1.807) is 23.8 Å². The number of anilines is 2. The standard InChI is InChI=1S/C25H24N2O3S/c1-30-22-14-8-7-13-21(22)27-24(29)17-31-25(27)19-11-5-6-12-20(19)26-23(28)16-15-18-9-3-2-4-10-18/h2-14,25H,15-17H2,1H3,(H,26,28)/t25-/m0/s1. The third-order valence-corrected chi connectivity index (χ3v) is 6.39. The molecule has 1 aliphatic heterocycles. The highest BCUT2D eigenvalue weighted by Gasteiger charge is 2.36. The van der Waals surface area contributed by atoms with Gasteiger partial charge in [0.25, 0.3) is 0 Å². The molecule has 0 aromatic heterocycles. The number of methoxy groups -OCH3 is 1. The van der Waals surface area contributed by atoms with E-state index in [0.717, 1.165) is 22.5 Å². The van der Waals surface area contributed by atoms with Gasteiger partial charge in [0.1, 0.15) is 11.1 Å². The van der Waals surface area contributed by atoms with E-state index in [2.05, 4.69) is 5.32 Å². The van der Waals surface area contributed by atoms with Crippen molar-refractivity contribution in [3.05, 3.63) is 90.0 Å². The quantitative estimate of drug-likeness (QED) is 0.568. The summed E-state index contributed by atoms with van der Waals surface area (Å²) in [6.45, 7) is 0. The third kappa shape index (κ3) is 4.75. The van der Waals surface area contributed by atoms with E-state index in [-0.39, 0.29) is 17.2 Å². The van der Waals surface area contributed by atoms with Crippen molar-refractivity contribution < 1.29 is 14.3 Å². The molecule has 6 heteroatoms. The Morgan fingerprint density at radius 2 is 1.74 bits per heavy atom. The number of rotatable bonds is 7. The number of thioether (sulfide) groups is 1. The number of hydrogen-bond acceptors (Lipinski definition) is 4. The van der Waals surface area contributed by atoms with Crippen LogP contribution in [0.15, 0.2) is 78.9 Å². The fraction of sp³-hybridized carbons (Fsp3) is 0.200. The summed E-state index contributed by atoms with van der Waals surface area (Å²) in [5, 5.41) is 2.81. The summed E-state index contributed by atoms with van der Waals surface area (Å²) in [6.07, 6.45) is 1.07. The first-order chi connectivity index (χ1) is 15.2. The molecule has 1 atom stereocenters. The largest absolute Gasteiger partial charge is 0.495 e. The fourth-order valence-corrected chi connectivity index (χ4v) is 4.89. The average molecular weight is 433 g/mol. The molecule has 1 fully saturated rings. The summed E-state index contributed by atoms with van der Waals surface area (Å²) < 4.78 is 5.49. The maximum Gasteiger partial charge on any atom is 0.238 e. The zero-order chi connectivity index (χ0) is 21.6. The molecular weight excluding hydrogens is 408 g/mol. The molecule has 1 heterocycles. The lowest BCUT2D eigenvalue weighted by molar-refractivity contribution is -0.116. The molecule has 0 saturated carbocycles. The normalized spacial score (nSPS) is 15.7. The van der Waals surface area contributed by atoms with Gasteiger partial charge in [-0.2, -0.15) is 0 Å². The molecule has 0 aliphatic carbocycles.